The van der Waals surface area contributed by atoms with Gasteiger partial charge in [-0.25, -0.2) is 4.79 Å². The van der Waals surface area contributed by atoms with E-state index in [9.17, 15) is 4.79 Å². The van der Waals surface area contributed by atoms with Crippen LogP contribution in [0, 0.1) is 0 Å². The summed E-state index contributed by atoms with van der Waals surface area (Å²) in [7, 11) is 0. The molecule has 0 bridgehead atoms. The molecule has 0 fully saturated rings. The molecule has 2 aromatic rings. The number of rotatable bonds is 6. The third-order valence-electron chi connectivity index (χ3n) is 4.69. The van der Waals surface area contributed by atoms with Gasteiger partial charge in [-0.05, 0) is 55.4 Å². The second kappa shape index (κ2) is 6.66. The van der Waals surface area contributed by atoms with Gasteiger partial charge in [0, 0.05) is 17.0 Å². The van der Waals surface area contributed by atoms with Crippen molar-refractivity contribution in [3.8, 4) is 0 Å². The average Bonchev–Trinajstić information content (AvgIpc) is 2.93. The zero-order valence-corrected chi connectivity index (χ0v) is 13.7. The highest BCUT2D eigenvalue weighted by Crippen LogP contribution is 2.28. The third-order valence-corrected chi connectivity index (χ3v) is 4.69. The molecule has 0 atom stereocenters. The van der Waals surface area contributed by atoms with Crippen LogP contribution in [0.5, 0.6) is 0 Å². The fourth-order valence-corrected chi connectivity index (χ4v) is 3.72. The predicted octanol–water partition coefficient (Wildman–Crippen LogP) is 2.49. The molecule has 0 radical (unpaired) electrons. The summed E-state index contributed by atoms with van der Waals surface area (Å²) < 4.78 is 5.46. The highest BCUT2D eigenvalue weighted by Gasteiger charge is 2.17. The minimum Gasteiger partial charge on any atom is -0.423 e. The van der Waals surface area contributed by atoms with Gasteiger partial charge < -0.3 is 9.32 Å². The molecule has 0 amide bonds. The fourth-order valence-electron chi connectivity index (χ4n) is 3.72. The Morgan fingerprint density at radius 1 is 1.05 bits per heavy atom. The van der Waals surface area contributed by atoms with Gasteiger partial charge in [0.1, 0.15) is 12.1 Å². The monoisotopic (exact) mass is 300 g/mol. The molecule has 118 valence electrons. The highest BCUT2D eigenvalue weighted by molar-refractivity contribution is 5.82. The molecule has 1 heterocycles. The Kier molecular flexibility index (Phi) is 4.63. The minimum absolute atomic E-state index is 0.215. The summed E-state index contributed by atoms with van der Waals surface area (Å²) in [4.78, 5) is 13.5. The van der Waals surface area contributed by atoms with Crippen LogP contribution in [0.1, 0.15) is 49.8 Å². The molecule has 1 aliphatic rings. The number of hydrogen-bond acceptors (Lipinski definition) is 2. The molecule has 0 aliphatic heterocycles. The maximum absolute atomic E-state index is 11.9. The van der Waals surface area contributed by atoms with Crippen LogP contribution >= 0.6 is 0 Å². The number of quaternary nitrogens is 1. The Bertz CT molecular complexity index is 711. The maximum Gasteiger partial charge on any atom is 0.336 e. The fraction of sp³-hybridized carbons (Fsp3) is 0.526. The molecule has 3 rings (SSSR count). The summed E-state index contributed by atoms with van der Waals surface area (Å²) in [5.74, 6) is 0. The number of nitrogens with one attached hydrogen (secondary N) is 1. The Morgan fingerprint density at radius 3 is 2.41 bits per heavy atom. The molecule has 22 heavy (non-hydrogen) atoms. The summed E-state index contributed by atoms with van der Waals surface area (Å²) in [5.41, 5.74) is 4.51. The van der Waals surface area contributed by atoms with Gasteiger partial charge in [-0.15, -0.1) is 0 Å². The van der Waals surface area contributed by atoms with E-state index < -0.39 is 0 Å². The average molecular weight is 300 g/mol. The number of benzene rings is 1. The van der Waals surface area contributed by atoms with Crippen LogP contribution in [0.15, 0.2) is 27.4 Å². The topological polar surface area (TPSA) is 34.7 Å². The van der Waals surface area contributed by atoms with E-state index in [-0.39, 0.29) is 5.63 Å². The van der Waals surface area contributed by atoms with Gasteiger partial charge in [0.15, 0.2) is 0 Å². The van der Waals surface area contributed by atoms with Crippen molar-refractivity contribution in [1.82, 2.24) is 0 Å². The van der Waals surface area contributed by atoms with Crippen LogP contribution in [-0.2, 0) is 19.4 Å². The summed E-state index contributed by atoms with van der Waals surface area (Å²) >= 11 is 0. The predicted molar refractivity (Wildman–Crippen MR) is 89.5 cm³/mol. The second-order valence-corrected chi connectivity index (χ2v) is 6.49. The number of hydrogen-bond donors (Lipinski definition) is 1. The van der Waals surface area contributed by atoms with E-state index in [1.54, 1.807) is 11.0 Å². The zero-order valence-electron chi connectivity index (χ0n) is 13.7. The summed E-state index contributed by atoms with van der Waals surface area (Å²) in [6.07, 6.45) is 5.83. The smallest absolute Gasteiger partial charge is 0.336 e. The molecule has 3 nitrogen and oxygen atoms in total. The van der Waals surface area contributed by atoms with Crippen LogP contribution in [-0.4, -0.2) is 13.1 Å². The first-order chi connectivity index (χ1) is 10.7. The molecule has 1 aliphatic carbocycles. The Hall–Kier alpha value is -1.61. The molecule has 0 unspecified atom stereocenters. The minimum atomic E-state index is -0.215. The Morgan fingerprint density at radius 2 is 1.73 bits per heavy atom. The van der Waals surface area contributed by atoms with Crippen molar-refractivity contribution in [1.29, 1.82) is 0 Å². The van der Waals surface area contributed by atoms with Gasteiger partial charge in [0.2, 0.25) is 0 Å². The van der Waals surface area contributed by atoms with Crippen LogP contribution in [0.25, 0.3) is 11.0 Å². The zero-order chi connectivity index (χ0) is 15.5. The van der Waals surface area contributed by atoms with Crippen LogP contribution in [0.4, 0.5) is 0 Å². The highest BCUT2D eigenvalue weighted by atomic mass is 16.4. The van der Waals surface area contributed by atoms with Gasteiger partial charge in [-0.1, -0.05) is 13.8 Å². The molecule has 0 saturated carbocycles. The van der Waals surface area contributed by atoms with Crippen molar-refractivity contribution in [3.63, 3.8) is 0 Å². The van der Waals surface area contributed by atoms with Gasteiger partial charge in [0.25, 0.3) is 0 Å². The maximum atomic E-state index is 11.9. The van der Waals surface area contributed by atoms with Crippen molar-refractivity contribution in [3.05, 3.63) is 45.3 Å². The standard InChI is InChI=1S/C19H25NO2/c1-3-8-20(9-4-2)13-16-12-19(21)22-18-11-15-7-5-6-14(15)10-17(16)18/h10-12H,3-9,13H2,1-2H3/p+1. The van der Waals surface area contributed by atoms with E-state index in [1.165, 1.54) is 30.4 Å². The van der Waals surface area contributed by atoms with E-state index in [1.807, 2.05) is 0 Å². The number of aryl methyl sites for hydroxylation is 2. The third kappa shape index (κ3) is 3.09. The summed E-state index contributed by atoms with van der Waals surface area (Å²) in [6, 6.07) is 6.07. The molecular formula is C19H26NO2+. The molecule has 1 aromatic heterocycles. The first-order valence-corrected chi connectivity index (χ1v) is 8.63. The Balaban J connectivity index is 2.02. The van der Waals surface area contributed by atoms with Crippen LogP contribution < -0.4 is 10.5 Å². The Labute approximate surface area is 131 Å². The molecule has 0 saturated heterocycles. The lowest BCUT2D eigenvalue weighted by molar-refractivity contribution is -0.913. The molecular weight excluding hydrogens is 274 g/mol. The van der Waals surface area contributed by atoms with Crippen molar-refractivity contribution >= 4 is 11.0 Å². The SMILES string of the molecule is CCC[NH+](CCC)Cc1cc(=O)oc2cc3c(cc12)CCC3. The quantitative estimate of drug-likeness (QED) is 0.832. The molecule has 3 heteroatoms. The number of fused-ring (bicyclic) bond motifs is 2. The normalized spacial score (nSPS) is 14.0. The van der Waals surface area contributed by atoms with Gasteiger partial charge >= 0.3 is 5.63 Å². The van der Waals surface area contributed by atoms with Gasteiger partial charge in [-0.3, -0.25) is 0 Å². The van der Waals surface area contributed by atoms with Crippen molar-refractivity contribution < 1.29 is 9.32 Å². The van der Waals surface area contributed by atoms with Gasteiger partial charge in [-0.2, -0.15) is 0 Å². The van der Waals surface area contributed by atoms with E-state index >= 15 is 0 Å². The summed E-state index contributed by atoms with van der Waals surface area (Å²) in [6.45, 7) is 7.67. The lowest BCUT2D eigenvalue weighted by atomic mass is 10.0. The summed E-state index contributed by atoms with van der Waals surface area (Å²) in [5, 5.41) is 1.14. The lowest BCUT2D eigenvalue weighted by Crippen LogP contribution is -3.10. The van der Waals surface area contributed by atoms with E-state index in [0.717, 1.165) is 49.0 Å². The van der Waals surface area contributed by atoms with E-state index in [0.29, 0.717) is 0 Å². The van der Waals surface area contributed by atoms with Crippen molar-refractivity contribution in [2.75, 3.05) is 13.1 Å². The van der Waals surface area contributed by atoms with E-state index in [4.69, 9.17) is 4.42 Å². The van der Waals surface area contributed by atoms with Crippen molar-refractivity contribution in [2.24, 2.45) is 0 Å². The van der Waals surface area contributed by atoms with E-state index in [2.05, 4.69) is 26.0 Å². The first kappa shape index (κ1) is 15.3. The lowest BCUT2D eigenvalue weighted by Gasteiger charge is -2.19. The second-order valence-electron chi connectivity index (χ2n) is 6.49. The first-order valence-electron chi connectivity index (χ1n) is 8.63. The molecule has 0 spiro atoms. The van der Waals surface area contributed by atoms with Crippen LogP contribution in [0.3, 0.4) is 0 Å². The largest absolute Gasteiger partial charge is 0.423 e. The van der Waals surface area contributed by atoms with Crippen molar-refractivity contribution in [2.45, 2.75) is 52.5 Å². The van der Waals surface area contributed by atoms with Crippen LogP contribution in [0.2, 0.25) is 0 Å². The van der Waals surface area contributed by atoms with Gasteiger partial charge in [0.05, 0.1) is 13.1 Å². The molecule has 1 N–H and O–H groups in total. The molecule has 1 aromatic carbocycles.